The smallest absolute Gasteiger partial charge is 0.180 e. The molecule has 0 aromatic heterocycles. The molecule has 0 radical (unpaired) electrons. The van der Waals surface area contributed by atoms with Gasteiger partial charge in [0, 0.05) is 17.0 Å². The van der Waals surface area contributed by atoms with Gasteiger partial charge in [-0.15, -0.1) is 0 Å². The van der Waals surface area contributed by atoms with Gasteiger partial charge in [-0.3, -0.25) is 0 Å². The van der Waals surface area contributed by atoms with E-state index in [2.05, 4.69) is 15.9 Å². The van der Waals surface area contributed by atoms with Crippen molar-refractivity contribution in [2.75, 3.05) is 19.0 Å². The molecule has 100 valence electrons. The molecule has 0 amide bonds. The number of aliphatic hydroxyl groups excluding tert-OH is 1. The van der Waals surface area contributed by atoms with Gasteiger partial charge in [-0.05, 0) is 30.7 Å². The minimum absolute atomic E-state index is 0.0739. The zero-order chi connectivity index (χ0) is 13.2. The summed E-state index contributed by atoms with van der Waals surface area (Å²) in [5.41, 5.74) is 0. The standard InChI is InChI=1S/C12H15BrO4S/c13-10-1-3-11(4-2-10)18(15,16)8-12(14)9-5-6-17-7-9/h1-4,9,12,14H,5-8H2. The number of ether oxygens (including phenoxy) is 1. The Kier molecular flexibility index (Phi) is 4.42. The Morgan fingerprint density at radius 3 is 2.61 bits per heavy atom. The van der Waals surface area contributed by atoms with Crippen LogP contribution in [0.25, 0.3) is 0 Å². The van der Waals surface area contributed by atoms with Crippen LogP contribution in [-0.4, -0.2) is 38.6 Å². The molecule has 1 saturated heterocycles. The van der Waals surface area contributed by atoms with E-state index in [-0.39, 0.29) is 16.6 Å². The first-order valence-corrected chi connectivity index (χ1v) is 8.18. The lowest BCUT2D eigenvalue weighted by atomic mass is 10.0. The normalized spacial score (nSPS) is 22.0. The van der Waals surface area contributed by atoms with Gasteiger partial charge < -0.3 is 9.84 Å². The molecule has 0 spiro atoms. The van der Waals surface area contributed by atoms with Crippen molar-refractivity contribution in [1.82, 2.24) is 0 Å². The van der Waals surface area contributed by atoms with Gasteiger partial charge in [-0.1, -0.05) is 15.9 Å². The molecule has 0 saturated carbocycles. The number of halogens is 1. The van der Waals surface area contributed by atoms with Gasteiger partial charge in [0.15, 0.2) is 9.84 Å². The third-order valence-electron chi connectivity index (χ3n) is 3.07. The summed E-state index contributed by atoms with van der Waals surface area (Å²) in [6.45, 7) is 1.04. The second-order valence-corrected chi connectivity index (χ2v) is 7.38. The first-order valence-electron chi connectivity index (χ1n) is 5.73. The molecule has 4 nitrogen and oxygen atoms in total. The first kappa shape index (κ1) is 14.0. The fraction of sp³-hybridized carbons (Fsp3) is 0.500. The molecule has 0 bridgehead atoms. The summed E-state index contributed by atoms with van der Waals surface area (Å²) in [5.74, 6) is -0.321. The van der Waals surface area contributed by atoms with Crippen molar-refractivity contribution in [3.8, 4) is 0 Å². The van der Waals surface area contributed by atoms with Crippen molar-refractivity contribution in [1.29, 1.82) is 0 Å². The highest BCUT2D eigenvalue weighted by atomic mass is 79.9. The molecule has 1 aliphatic rings. The highest BCUT2D eigenvalue weighted by Crippen LogP contribution is 2.21. The monoisotopic (exact) mass is 334 g/mol. The SMILES string of the molecule is O=S(=O)(CC(O)C1CCOC1)c1ccc(Br)cc1. The summed E-state index contributed by atoms with van der Waals surface area (Å²) in [4.78, 5) is 0.240. The fourth-order valence-electron chi connectivity index (χ4n) is 1.96. The number of sulfone groups is 1. The number of benzene rings is 1. The number of hydrogen-bond acceptors (Lipinski definition) is 4. The highest BCUT2D eigenvalue weighted by molar-refractivity contribution is 9.10. The lowest BCUT2D eigenvalue weighted by molar-refractivity contribution is 0.108. The van der Waals surface area contributed by atoms with Crippen molar-refractivity contribution in [3.05, 3.63) is 28.7 Å². The molecule has 1 aromatic carbocycles. The van der Waals surface area contributed by atoms with E-state index < -0.39 is 15.9 Å². The summed E-state index contributed by atoms with van der Waals surface area (Å²) in [7, 11) is -3.44. The molecule has 1 heterocycles. The molecule has 6 heteroatoms. The van der Waals surface area contributed by atoms with Crippen LogP contribution in [0, 0.1) is 5.92 Å². The first-order chi connectivity index (χ1) is 8.49. The van der Waals surface area contributed by atoms with Crippen molar-refractivity contribution in [2.45, 2.75) is 17.4 Å². The third kappa shape index (κ3) is 3.32. The van der Waals surface area contributed by atoms with Crippen LogP contribution in [-0.2, 0) is 14.6 Å². The third-order valence-corrected chi connectivity index (χ3v) is 5.37. The molecule has 1 fully saturated rings. The maximum absolute atomic E-state index is 12.1. The van der Waals surface area contributed by atoms with E-state index >= 15 is 0 Å². The topological polar surface area (TPSA) is 63.6 Å². The predicted octanol–water partition coefficient (Wildman–Crippen LogP) is 1.62. The maximum Gasteiger partial charge on any atom is 0.180 e. The second kappa shape index (κ2) is 5.69. The average Bonchev–Trinajstić information content (AvgIpc) is 2.82. The Labute approximate surface area is 115 Å². The van der Waals surface area contributed by atoms with Crippen LogP contribution in [0.5, 0.6) is 0 Å². The highest BCUT2D eigenvalue weighted by Gasteiger charge is 2.29. The Morgan fingerprint density at radius 1 is 1.39 bits per heavy atom. The molecular weight excluding hydrogens is 320 g/mol. The number of hydrogen-bond donors (Lipinski definition) is 1. The van der Waals surface area contributed by atoms with Crippen LogP contribution in [0.1, 0.15) is 6.42 Å². The summed E-state index contributed by atoms with van der Waals surface area (Å²) < 4.78 is 30.2. The van der Waals surface area contributed by atoms with E-state index in [1.807, 2.05) is 0 Å². The van der Waals surface area contributed by atoms with E-state index in [9.17, 15) is 13.5 Å². The predicted molar refractivity (Wildman–Crippen MR) is 71.1 cm³/mol. The zero-order valence-corrected chi connectivity index (χ0v) is 12.2. The van der Waals surface area contributed by atoms with Gasteiger partial charge in [-0.25, -0.2) is 8.42 Å². The molecule has 2 unspecified atom stereocenters. The van der Waals surface area contributed by atoms with Crippen LogP contribution in [0.15, 0.2) is 33.6 Å². The van der Waals surface area contributed by atoms with E-state index in [1.54, 1.807) is 12.1 Å². The van der Waals surface area contributed by atoms with E-state index in [0.717, 1.165) is 10.9 Å². The lowest BCUT2D eigenvalue weighted by Gasteiger charge is -2.16. The quantitative estimate of drug-likeness (QED) is 0.908. The Balaban J connectivity index is 2.09. The molecule has 1 aliphatic heterocycles. The van der Waals surface area contributed by atoms with E-state index in [1.165, 1.54) is 12.1 Å². The minimum atomic E-state index is -3.44. The van der Waals surface area contributed by atoms with Crippen molar-refractivity contribution in [3.63, 3.8) is 0 Å². The Hall–Kier alpha value is -0.430. The Morgan fingerprint density at radius 2 is 2.06 bits per heavy atom. The lowest BCUT2D eigenvalue weighted by Crippen LogP contribution is -2.29. The van der Waals surface area contributed by atoms with Crippen LogP contribution < -0.4 is 0 Å². The van der Waals surface area contributed by atoms with Gasteiger partial charge in [-0.2, -0.15) is 0 Å². The average molecular weight is 335 g/mol. The van der Waals surface area contributed by atoms with E-state index in [4.69, 9.17) is 4.74 Å². The minimum Gasteiger partial charge on any atom is -0.392 e. The fourth-order valence-corrected chi connectivity index (χ4v) is 3.68. The largest absolute Gasteiger partial charge is 0.392 e. The molecule has 2 atom stereocenters. The van der Waals surface area contributed by atoms with E-state index in [0.29, 0.717) is 13.2 Å². The second-order valence-electron chi connectivity index (χ2n) is 4.43. The molecule has 1 aromatic rings. The van der Waals surface area contributed by atoms with Crippen molar-refractivity contribution in [2.24, 2.45) is 5.92 Å². The van der Waals surface area contributed by atoms with Crippen molar-refractivity contribution >= 4 is 25.8 Å². The Bertz CT molecular complexity index is 491. The van der Waals surface area contributed by atoms with Gasteiger partial charge in [0.25, 0.3) is 0 Å². The molecule has 2 rings (SSSR count). The van der Waals surface area contributed by atoms with Crippen LogP contribution >= 0.6 is 15.9 Å². The molecule has 0 aliphatic carbocycles. The summed E-state index contributed by atoms with van der Waals surface area (Å²) in [5, 5.41) is 9.93. The van der Waals surface area contributed by atoms with Crippen molar-refractivity contribution < 1.29 is 18.3 Å². The van der Waals surface area contributed by atoms with Gasteiger partial charge in [0.2, 0.25) is 0 Å². The van der Waals surface area contributed by atoms with Gasteiger partial charge in [0.05, 0.1) is 23.4 Å². The van der Waals surface area contributed by atoms with Gasteiger partial charge in [0.1, 0.15) is 0 Å². The van der Waals surface area contributed by atoms with Gasteiger partial charge >= 0.3 is 0 Å². The van der Waals surface area contributed by atoms with Crippen LogP contribution in [0.2, 0.25) is 0 Å². The molecule has 1 N–H and O–H groups in total. The molecule has 18 heavy (non-hydrogen) atoms. The van der Waals surface area contributed by atoms with Crippen LogP contribution in [0.3, 0.4) is 0 Å². The zero-order valence-electron chi connectivity index (χ0n) is 9.75. The number of rotatable bonds is 4. The number of aliphatic hydroxyl groups is 1. The summed E-state index contributed by atoms with van der Waals surface area (Å²) in [6, 6.07) is 6.43. The van der Waals surface area contributed by atoms with Crippen LogP contribution in [0.4, 0.5) is 0 Å². The maximum atomic E-state index is 12.1. The summed E-state index contributed by atoms with van der Waals surface area (Å²) >= 11 is 3.26. The summed E-state index contributed by atoms with van der Waals surface area (Å²) in [6.07, 6.45) is -0.141. The molecular formula is C12H15BrO4S.